The number of aliphatic imine (C=N–C) groups is 1. The molecule has 2 aliphatic heterocycles. The van der Waals surface area contributed by atoms with Gasteiger partial charge in [0.1, 0.15) is 12.1 Å². The molecular weight excluding hydrogens is 469 g/mol. The molecule has 34 heavy (non-hydrogen) atoms. The van der Waals surface area contributed by atoms with Crippen LogP contribution < -0.4 is 5.32 Å². The van der Waals surface area contributed by atoms with Gasteiger partial charge in [0.05, 0.1) is 23.5 Å². The summed E-state index contributed by atoms with van der Waals surface area (Å²) in [6.07, 6.45) is 1.24. The van der Waals surface area contributed by atoms with E-state index in [2.05, 4.69) is 10.3 Å². The molecule has 10 heteroatoms. The average Bonchev–Trinajstić information content (AvgIpc) is 3.37. The van der Waals surface area contributed by atoms with Crippen LogP contribution in [0.2, 0.25) is 0 Å². The summed E-state index contributed by atoms with van der Waals surface area (Å²) in [4.78, 5) is 27.6. The topological polar surface area (TPSA) is 77.0 Å². The fourth-order valence-corrected chi connectivity index (χ4v) is 5.73. The van der Waals surface area contributed by atoms with Crippen LogP contribution in [0, 0.1) is 5.92 Å². The Morgan fingerprint density at radius 2 is 2.00 bits per heavy atom. The Labute approximate surface area is 201 Å². The van der Waals surface area contributed by atoms with Crippen LogP contribution in [0.3, 0.4) is 0 Å². The monoisotopic (exact) mass is 498 g/mol. The molecule has 1 saturated heterocycles. The molecule has 6 nitrogen and oxygen atoms in total. The Kier molecular flexibility index (Phi) is 7.87. The van der Waals surface area contributed by atoms with Crippen molar-refractivity contribution in [1.82, 2.24) is 5.32 Å². The highest BCUT2D eigenvalue weighted by atomic mass is 32.2. The Bertz CT molecular complexity index is 939. The Hall–Kier alpha value is -2.07. The first-order chi connectivity index (χ1) is 16.2. The number of nitrogens with zero attached hydrogens (tertiary/aromatic N) is 1. The van der Waals surface area contributed by atoms with Gasteiger partial charge in [0.15, 0.2) is 0 Å². The van der Waals surface area contributed by atoms with E-state index in [-0.39, 0.29) is 46.1 Å². The minimum Gasteiger partial charge on any atom is -0.472 e. The van der Waals surface area contributed by atoms with Crippen LogP contribution in [0.4, 0.5) is 18.0 Å². The molecule has 2 fully saturated rings. The molecule has 5 atom stereocenters. The first-order valence-corrected chi connectivity index (χ1v) is 12.7. The Morgan fingerprint density at radius 1 is 1.21 bits per heavy atom. The number of nitrogens with one attached hydrogen (secondary N) is 1. The van der Waals surface area contributed by atoms with Gasteiger partial charge in [-0.15, -0.1) is 0 Å². The molecule has 1 saturated carbocycles. The van der Waals surface area contributed by atoms with E-state index >= 15 is 0 Å². The molecule has 0 bridgehead atoms. The number of hydrogen-bond acceptors (Lipinski definition) is 6. The molecule has 1 aromatic rings. The van der Waals surface area contributed by atoms with E-state index in [1.807, 2.05) is 6.92 Å². The van der Waals surface area contributed by atoms with E-state index in [1.54, 1.807) is 6.07 Å². The summed E-state index contributed by atoms with van der Waals surface area (Å²) in [6.45, 7) is 2.22. The minimum absolute atomic E-state index is 0.0248. The third-order valence-electron chi connectivity index (χ3n) is 6.68. The molecule has 1 N–H and O–H groups in total. The molecule has 2 heterocycles. The fraction of sp³-hybridized carbons (Fsp3) is 0.625. The number of carbonyl (C=O) groups excluding carboxylic acids is 2. The molecule has 186 valence electrons. The number of imide groups is 1. The number of rotatable bonds is 8. The lowest BCUT2D eigenvalue weighted by molar-refractivity contribution is -0.137. The number of alkyl halides is 3. The van der Waals surface area contributed by atoms with Gasteiger partial charge >= 0.3 is 6.18 Å². The van der Waals surface area contributed by atoms with Crippen LogP contribution in [0.25, 0.3) is 0 Å². The quantitative estimate of drug-likeness (QED) is 0.524. The van der Waals surface area contributed by atoms with Gasteiger partial charge in [-0.1, -0.05) is 43.7 Å². The zero-order valence-corrected chi connectivity index (χ0v) is 19.8. The Balaban J connectivity index is 1.33. The largest absolute Gasteiger partial charge is 0.472 e. The number of hydrogen-bond donors (Lipinski definition) is 1. The second kappa shape index (κ2) is 10.7. The van der Waals surface area contributed by atoms with Gasteiger partial charge < -0.3 is 9.47 Å². The van der Waals surface area contributed by atoms with E-state index in [0.717, 1.165) is 49.9 Å². The van der Waals surface area contributed by atoms with Crippen LogP contribution >= 0.6 is 11.8 Å². The van der Waals surface area contributed by atoms with Gasteiger partial charge in [-0.2, -0.15) is 13.2 Å². The van der Waals surface area contributed by atoms with Crippen molar-refractivity contribution >= 4 is 28.8 Å². The predicted octanol–water partition coefficient (Wildman–Crippen LogP) is 5.34. The van der Waals surface area contributed by atoms with Crippen molar-refractivity contribution in [3.05, 3.63) is 35.4 Å². The molecule has 2 amide bonds. The maximum atomic E-state index is 13.4. The van der Waals surface area contributed by atoms with Crippen molar-refractivity contribution < 1.29 is 32.2 Å². The molecule has 0 spiro atoms. The predicted molar refractivity (Wildman–Crippen MR) is 123 cm³/mol. The highest BCUT2D eigenvalue weighted by Crippen LogP contribution is 2.35. The van der Waals surface area contributed by atoms with Crippen LogP contribution in [0.1, 0.15) is 63.0 Å². The van der Waals surface area contributed by atoms with Gasteiger partial charge in [0, 0.05) is 5.56 Å². The molecule has 1 aromatic carbocycles. The molecule has 5 unspecified atom stereocenters. The van der Waals surface area contributed by atoms with Gasteiger partial charge in [-0.05, 0) is 50.2 Å². The standard InChI is InChI=1S/C24H29F3N2O4S/c1-2-19-18(28-22(33-19)16-8-3-4-9-17(16)24(25,26)27)13-32-15-7-5-6-14(12-15)10-11-20-21(30)29-23(31)34-20/h3-4,8-9,14-15,18-20H,2,5-7,10-13H2,1H3,(H,29,30,31). The van der Waals surface area contributed by atoms with Crippen LogP contribution in [-0.4, -0.2) is 47.2 Å². The fourth-order valence-electron chi connectivity index (χ4n) is 4.90. The molecule has 3 aliphatic rings. The summed E-state index contributed by atoms with van der Waals surface area (Å²) < 4.78 is 52.3. The van der Waals surface area contributed by atoms with E-state index in [9.17, 15) is 22.8 Å². The summed E-state index contributed by atoms with van der Waals surface area (Å²) in [5, 5.41) is 1.75. The number of carbonyl (C=O) groups is 2. The second-order valence-corrected chi connectivity index (χ2v) is 10.2. The molecular formula is C24H29F3N2O4S. The lowest BCUT2D eigenvalue weighted by Crippen LogP contribution is -2.31. The molecule has 0 aromatic heterocycles. The Morgan fingerprint density at radius 3 is 2.71 bits per heavy atom. The summed E-state index contributed by atoms with van der Waals surface area (Å²) in [7, 11) is 0. The smallest absolute Gasteiger partial charge is 0.417 e. The molecule has 1 aliphatic carbocycles. The van der Waals surface area contributed by atoms with Gasteiger partial charge in [-0.3, -0.25) is 14.9 Å². The van der Waals surface area contributed by atoms with E-state index in [4.69, 9.17) is 9.47 Å². The lowest BCUT2D eigenvalue weighted by Gasteiger charge is -2.30. The molecule has 4 rings (SSSR count). The number of amides is 2. The van der Waals surface area contributed by atoms with Crippen LogP contribution in [0.5, 0.6) is 0 Å². The van der Waals surface area contributed by atoms with E-state index in [1.165, 1.54) is 12.1 Å². The van der Waals surface area contributed by atoms with Crippen molar-refractivity contribution in [2.45, 2.75) is 81.5 Å². The van der Waals surface area contributed by atoms with Crippen molar-refractivity contribution in [3.63, 3.8) is 0 Å². The number of ether oxygens (including phenoxy) is 2. The molecule has 0 radical (unpaired) electrons. The second-order valence-electron chi connectivity index (χ2n) is 9.06. The van der Waals surface area contributed by atoms with Crippen molar-refractivity contribution in [2.24, 2.45) is 10.9 Å². The zero-order chi connectivity index (χ0) is 24.3. The highest BCUT2D eigenvalue weighted by molar-refractivity contribution is 8.15. The van der Waals surface area contributed by atoms with E-state index in [0.29, 0.717) is 25.4 Å². The van der Waals surface area contributed by atoms with Gasteiger partial charge in [0.25, 0.3) is 5.24 Å². The van der Waals surface area contributed by atoms with Crippen LogP contribution in [0.15, 0.2) is 29.3 Å². The summed E-state index contributed by atoms with van der Waals surface area (Å²) >= 11 is 1.06. The summed E-state index contributed by atoms with van der Waals surface area (Å²) in [6, 6.07) is 4.98. The number of thioether (sulfide) groups is 1. The SMILES string of the molecule is CCC1OC(c2ccccc2C(F)(F)F)=NC1COC1CCCC(CCC2SC(=O)NC2=O)C1. The first-order valence-electron chi connectivity index (χ1n) is 11.8. The van der Waals surface area contributed by atoms with Gasteiger partial charge in [0.2, 0.25) is 11.8 Å². The maximum Gasteiger partial charge on any atom is 0.417 e. The third kappa shape index (κ3) is 5.94. The lowest BCUT2D eigenvalue weighted by atomic mass is 9.84. The first kappa shape index (κ1) is 25.0. The third-order valence-corrected chi connectivity index (χ3v) is 7.73. The highest BCUT2D eigenvalue weighted by Gasteiger charge is 2.38. The summed E-state index contributed by atoms with van der Waals surface area (Å²) in [5.41, 5.74) is -0.794. The number of halogens is 3. The normalized spacial score (nSPS) is 29.6. The zero-order valence-electron chi connectivity index (χ0n) is 19.0. The van der Waals surface area contributed by atoms with Gasteiger partial charge in [-0.25, -0.2) is 4.99 Å². The van der Waals surface area contributed by atoms with Crippen molar-refractivity contribution in [3.8, 4) is 0 Å². The maximum absolute atomic E-state index is 13.4. The van der Waals surface area contributed by atoms with Crippen molar-refractivity contribution in [2.75, 3.05) is 6.61 Å². The minimum atomic E-state index is -4.49. The number of benzene rings is 1. The van der Waals surface area contributed by atoms with Crippen LogP contribution in [-0.2, 0) is 20.4 Å². The van der Waals surface area contributed by atoms with E-state index < -0.39 is 11.7 Å². The van der Waals surface area contributed by atoms with Crippen molar-refractivity contribution in [1.29, 1.82) is 0 Å². The summed E-state index contributed by atoms with van der Waals surface area (Å²) in [5.74, 6) is 0.241. The average molecular weight is 499 g/mol.